The number of benzene rings is 1. The van der Waals surface area contributed by atoms with Gasteiger partial charge in [0.1, 0.15) is 0 Å². The molecule has 0 unspecified atom stereocenters. The van der Waals surface area contributed by atoms with Gasteiger partial charge in [0.15, 0.2) is 11.0 Å². The largest absolute Gasteiger partial charge is 0.352 e. The first-order chi connectivity index (χ1) is 13.4. The van der Waals surface area contributed by atoms with Crippen LogP contribution in [0.5, 0.6) is 0 Å². The van der Waals surface area contributed by atoms with Crippen molar-refractivity contribution in [3.05, 3.63) is 29.8 Å². The fraction of sp³-hybridized carbons (Fsp3) is 0.591. The van der Waals surface area contributed by atoms with Crippen molar-refractivity contribution in [1.29, 1.82) is 0 Å². The van der Waals surface area contributed by atoms with Crippen LogP contribution in [0.3, 0.4) is 0 Å². The van der Waals surface area contributed by atoms with Crippen LogP contribution < -0.4 is 5.32 Å². The van der Waals surface area contributed by atoms with Crippen molar-refractivity contribution in [3.63, 3.8) is 0 Å². The maximum absolute atomic E-state index is 12.8. The highest BCUT2D eigenvalue weighted by atomic mass is 32.2. The smallest absolute Gasteiger partial charge is 0.233 e. The number of thioether (sulfide) groups is 1. The lowest BCUT2D eigenvalue weighted by Crippen LogP contribution is -2.46. The number of aryl methyl sites for hydroxylation is 1. The molecule has 1 aromatic carbocycles. The SMILES string of the molecule is CCn1c(S[C@@H](C)C(=O)N[C@H]2CCC[C@@H](C)[C@@H]2C)nnc1-c1ccccc1C. The van der Waals surface area contributed by atoms with Gasteiger partial charge < -0.3 is 9.88 Å². The quantitative estimate of drug-likeness (QED) is 0.714. The molecule has 0 saturated heterocycles. The third-order valence-corrected chi connectivity index (χ3v) is 7.19. The molecular formula is C22H32N4OS. The lowest BCUT2D eigenvalue weighted by molar-refractivity contribution is -0.121. The predicted octanol–water partition coefficient (Wildman–Crippen LogP) is 4.69. The van der Waals surface area contributed by atoms with Gasteiger partial charge in [-0.25, -0.2) is 0 Å². The zero-order valence-corrected chi connectivity index (χ0v) is 18.4. The average Bonchev–Trinajstić information content (AvgIpc) is 3.08. The number of nitrogens with one attached hydrogen (secondary N) is 1. The van der Waals surface area contributed by atoms with Crippen LogP contribution in [0.1, 0.15) is 52.5 Å². The molecule has 152 valence electrons. The van der Waals surface area contributed by atoms with Gasteiger partial charge >= 0.3 is 0 Å². The van der Waals surface area contributed by atoms with Gasteiger partial charge in [0.05, 0.1) is 5.25 Å². The van der Waals surface area contributed by atoms with Gasteiger partial charge in [-0.15, -0.1) is 10.2 Å². The van der Waals surface area contributed by atoms with E-state index in [2.05, 4.69) is 59.9 Å². The van der Waals surface area contributed by atoms with Crippen LogP contribution in [0.2, 0.25) is 0 Å². The molecule has 0 aliphatic heterocycles. The van der Waals surface area contributed by atoms with E-state index in [1.807, 2.05) is 19.1 Å². The van der Waals surface area contributed by atoms with Gasteiger partial charge in [-0.3, -0.25) is 4.79 Å². The Morgan fingerprint density at radius 3 is 2.75 bits per heavy atom. The summed E-state index contributed by atoms with van der Waals surface area (Å²) in [7, 11) is 0. The van der Waals surface area contributed by atoms with Crippen molar-refractivity contribution in [3.8, 4) is 11.4 Å². The molecule has 1 saturated carbocycles. The molecule has 0 spiro atoms. The minimum absolute atomic E-state index is 0.0963. The van der Waals surface area contributed by atoms with Gasteiger partial charge in [-0.2, -0.15) is 0 Å². The Hall–Kier alpha value is -1.82. The number of hydrogen-bond donors (Lipinski definition) is 1. The second-order valence-electron chi connectivity index (χ2n) is 8.01. The summed E-state index contributed by atoms with van der Waals surface area (Å²) >= 11 is 1.49. The Morgan fingerprint density at radius 2 is 2.04 bits per heavy atom. The molecule has 5 nitrogen and oxygen atoms in total. The standard InChI is InChI=1S/C22H32N4OS/c1-6-26-20(18-12-8-7-10-15(18)3)24-25-22(26)28-17(5)21(27)23-19-13-9-11-14(2)16(19)4/h7-8,10,12,14,16-17,19H,6,9,11,13H2,1-5H3,(H,23,27)/t14-,16+,17+,19+/m1/s1. The third-order valence-electron chi connectivity index (χ3n) is 6.10. The number of aromatic nitrogens is 3. The Labute approximate surface area is 172 Å². The van der Waals surface area contributed by atoms with Crippen LogP contribution in [0.25, 0.3) is 11.4 Å². The topological polar surface area (TPSA) is 59.8 Å². The Balaban J connectivity index is 1.71. The van der Waals surface area contributed by atoms with E-state index in [4.69, 9.17) is 0 Å². The summed E-state index contributed by atoms with van der Waals surface area (Å²) < 4.78 is 2.10. The van der Waals surface area contributed by atoms with Gasteiger partial charge in [0.25, 0.3) is 0 Å². The first kappa shape index (κ1) is 20.9. The molecule has 0 radical (unpaired) electrons. The molecule has 1 aromatic heterocycles. The summed E-state index contributed by atoms with van der Waals surface area (Å²) in [6.45, 7) is 11.4. The summed E-state index contributed by atoms with van der Waals surface area (Å²) in [6, 6.07) is 8.49. The van der Waals surface area contributed by atoms with Crippen molar-refractivity contribution in [2.75, 3.05) is 0 Å². The number of hydrogen-bond acceptors (Lipinski definition) is 4. The summed E-state index contributed by atoms with van der Waals surface area (Å²) in [6.07, 6.45) is 3.54. The molecule has 6 heteroatoms. The van der Waals surface area contributed by atoms with E-state index < -0.39 is 0 Å². The first-order valence-corrected chi connectivity index (χ1v) is 11.3. The molecule has 1 amide bonds. The van der Waals surface area contributed by atoms with Crippen LogP contribution in [-0.4, -0.2) is 32.0 Å². The van der Waals surface area contributed by atoms with E-state index in [-0.39, 0.29) is 17.2 Å². The summed E-state index contributed by atoms with van der Waals surface area (Å²) in [5, 5.41) is 12.7. The Morgan fingerprint density at radius 1 is 1.29 bits per heavy atom. The maximum Gasteiger partial charge on any atom is 0.233 e. The number of rotatable bonds is 6. The van der Waals surface area contributed by atoms with E-state index in [0.717, 1.165) is 29.5 Å². The van der Waals surface area contributed by atoms with Gasteiger partial charge in [0.2, 0.25) is 5.91 Å². The Kier molecular flexibility index (Phi) is 6.81. The number of carbonyl (C=O) groups is 1. The minimum atomic E-state index is -0.205. The Bertz CT molecular complexity index is 819. The number of carbonyl (C=O) groups excluding carboxylic acids is 1. The normalized spacial score (nSPS) is 23.4. The van der Waals surface area contributed by atoms with Crippen LogP contribution >= 0.6 is 11.8 Å². The molecule has 1 aliphatic carbocycles. The first-order valence-electron chi connectivity index (χ1n) is 10.4. The number of nitrogens with zero attached hydrogens (tertiary/aromatic N) is 3. The fourth-order valence-electron chi connectivity index (χ4n) is 3.98. The highest BCUT2D eigenvalue weighted by Crippen LogP contribution is 2.31. The zero-order valence-electron chi connectivity index (χ0n) is 17.6. The van der Waals surface area contributed by atoms with E-state index in [1.54, 1.807) is 0 Å². The van der Waals surface area contributed by atoms with Crippen LogP contribution in [0, 0.1) is 18.8 Å². The van der Waals surface area contributed by atoms with Crippen molar-refractivity contribution < 1.29 is 4.79 Å². The van der Waals surface area contributed by atoms with E-state index in [1.165, 1.54) is 30.2 Å². The lowest BCUT2D eigenvalue weighted by Gasteiger charge is -2.35. The maximum atomic E-state index is 12.8. The van der Waals surface area contributed by atoms with Crippen molar-refractivity contribution in [2.45, 2.75) is 76.9 Å². The minimum Gasteiger partial charge on any atom is -0.352 e. The lowest BCUT2D eigenvalue weighted by atomic mass is 9.78. The zero-order chi connectivity index (χ0) is 20.3. The van der Waals surface area contributed by atoms with Gasteiger partial charge in [-0.1, -0.05) is 62.7 Å². The van der Waals surface area contributed by atoms with Gasteiger partial charge in [0, 0.05) is 18.2 Å². The molecule has 2 aromatic rings. The highest BCUT2D eigenvalue weighted by molar-refractivity contribution is 8.00. The van der Waals surface area contributed by atoms with Crippen molar-refractivity contribution in [1.82, 2.24) is 20.1 Å². The average molecular weight is 401 g/mol. The third kappa shape index (κ3) is 4.43. The monoisotopic (exact) mass is 400 g/mol. The summed E-state index contributed by atoms with van der Waals surface area (Å²) in [5.74, 6) is 2.16. The van der Waals surface area contributed by atoms with Gasteiger partial charge in [-0.05, 0) is 44.6 Å². The van der Waals surface area contributed by atoms with Crippen LogP contribution in [-0.2, 0) is 11.3 Å². The molecule has 1 heterocycles. The molecule has 1 aliphatic rings. The molecule has 28 heavy (non-hydrogen) atoms. The molecular weight excluding hydrogens is 368 g/mol. The number of amides is 1. The molecule has 1 fully saturated rings. The fourth-order valence-corrected chi connectivity index (χ4v) is 4.90. The van der Waals surface area contributed by atoms with E-state index >= 15 is 0 Å². The predicted molar refractivity (Wildman–Crippen MR) is 115 cm³/mol. The second-order valence-corrected chi connectivity index (χ2v) is 9.32. The second kappa shape index (κ2) is 9.12. The van der Waals surface area contributed by atoms with Crippen molar-refractivity contribution in [2.24, 2.45) is 11.8 Å². The van der Waals surface area contributed by atoms with E-state index in [9.17, 15) is 4.79 Å². The molecule has 3 rings (SSSR count). The van der Waals surface area contributed by atoms with Crippen LogP contribution in [0.15, 0.2) is 29.4 Å². The molecule has 0 bridgehead atoms. The molecule has 4 atom stereocenters. The summed E-state index contributed by atoms with van der Waals surface area (Å²) in [5.41, 5.74) is 2.26. The highest BCUT2D eigenvalue weighted by Gasteiger charge is 2.30. The van der Waals surface area contributed by atoms with Crippen molar-refractivity contribution >= 4 is 17.7 Å². The molecule has 1 N–H and O–H groups in total. The van der Waals surface area contributed by atoms with Crippen LogP contribution in [0.4, 0.5) is 0 Å². The van der Waals surface area contributed by atoms with E-state index in [0.29, 0.717) is 11.8 Å². The summed E-state index contributed by atoms with van der Waals surface area (Å²) in [4.78, 5) is 12.8.